The molecule has 0 unspecified atom stereocenters. The molecule has 0 aliphatic heterocycles. The lowest BCUT2D eigenvalue weighted by Gasteiger charge is -2.12. The maximum absolute atomic E-state index is 11.3. The number of methoxy groups -OCH3 is 2. The van der Waals surface area contributed by atoms with Crippen LogP contribution in [0.3, 0.4) is 0 Å². The van der Waals surface area contributed by atoms with Gasteiger partial charge in [0.15, 0.2) is 11.5 Å². The van der Waals surface area contributed by atoms with Crippen LogP contribution >= 0.6 is 38.5 Å². The molecule has 2 aromatic rings. The third-order valence-corrected chi connectivity index (χ3v) is 4.66. The Bertz CT molecular complexity index is 719. The Labute approximate surface area is 151 Å². The zero-order valence-corrected chi connectivity index (χ0v) is 15.9. The van der Waals surface area contributed by atoms with Gasteiger partial charge in [-0.2, -0.15) is 0 Å². The fraction of sp³-hybridized carbons (Fsp3) is 0.188. The van der Waals surface area contributed by atoms with Crippen LogP contribution in [0.2, 0.25) is 0 Å². The first kappa shape index (κ1) is 17.1. The van der Waals surface area contributed by atoms with E-state index in [1.165, 1.54) is 0 Å². The quantitative estimate of drug-likeness (QED) is 0.670. The van der Waals surface area contributed by atoms with Crippen molar-refractivity contribution >= 4 is 44.4 Å². The highest BCUT2D eigenvalue weighted by Gasteiger charge is 2.12. The van der Waals surface area contributed by atoms with Crippen molar-refractivity contribution in [3.05, 3.63) is 55.1 Å². The molecule has 4 nitrogen and oxygen atoms in total. The van der Waals surface area contributed by atoms with E-state index in [0.29, 0.717) is 22.2 Å². The van der Waals surface area contributed by atoms with Crippen LogP contribution in [0.15, 0.2) is 34.8 Å². The van der Waals surface area contributed by atoms with Crippen LogP contribution in [0, 0.1) is 3.57 Å². The molecule has 0 saturated carbocycles. The Balaban J connectivity index is 2.33. The molecule has 0 fully saturated rings. The fourth-order valence-electron chi connectivity index (χ4n) is 2.18. The lowest BCUT2D eigenvalue weighted by atomic mass is 10.0. The zero-order chi connectivity index (χ0) is 16.3. The number of halogens is 2. The molecule has 0 aliphatic rings. The van der Waals surface area contributed by atoms with Crippen LogP contribution in [0.5, 0.6) is 11.5 Å². The summed E-state index contributed by atoms with van der Waals surface area (Å²) in [5, 5.41) is 0. The minimum Gasteiger partial charge on any atom is -0.493 e. The normalized spacial score (nSPS) is 10.4. The molecule has 116 valence electrons. The molecule has 2 rings (SSSR count). The third kappa shape index (κ3) is 3.73. The number of ether oxygens (including phenoxy) is 2. The smallest absolute Gasteiger partial charge is 0.249 e. The van der Waals surface area contributed by atoms with Gasteiger partial charge >= 0.3 is 0 Å². The summed E-state index contributed by atoms with van der Waals surface area (Å²) in [5.74, 6) is 0.994. The van der Waals surface area contributed by atoms with Crippen LogP contribution in [0.25, 0.3) is 0 Å². The Morgan fingerprint density at radius 2 is 1.91 bits per heavy atom. The van der Waals surface area contributed by atoms with Crippen molar-refractivity contribution < 1.29 is 14.3 Å². The highest BCUT2D eigenvalue weighted by Crippen LogP contribution is 2.34. The van der Waals surface area contributed by atoms with Crippen molar-refractivity contribution in [2.24, 2.45) is 5.73 Å². The molecule has 1 amide bonds. The zero-order valence-electron chi connectivity index (χ0n) is 12.2. The van der Waals surface area contributed by atoms with Crippen LogP contribution < -0.4 is 15.2 Å². The van der Waals surface area contributed by atoms with Crippen LogP contribution in [-0.4, -0.2) is 20.1 Å². The summed E-state index contributed by atoms with van der Waals surface area (Å²) in [6, 6.07) is 9.54. The number of primary amides is 1. The number of hydrogen-bond donors (Lipinski definition) is 1. The van der Waals surface area contributed by atoms with Crippen molar-refractivity contribution in [1.82, 2.24) is 0 Å². The summed E-state index contributed by atoms with van der Waals surface area (Å²) >= 11 is 5.60. The second-order valence-electron chi connectivity index (χ2n) is 4.67. The van der Waals surface area contributed by atoms with Crippen LogP contribution in [0.4, 0.5) is 0 Å². The van der Waals surface area contributed by atoms with Gasteiger partial charge in [0, 0.05) is 4.47 Å². The van der Waals surface area contributed by atoms with E-state index in [0.717, 1.165) is 20.4 Å². The van der Waals surface area contributed by atoms with Gasteiger partial charge in [-0.15, -0.1) is 0 Å². The first-order valence-electron chi connectivity index (χ1n) is 6.45. The number of carbonyl (C=O) groups excluding carboxylic acids is 1. The summed E-state index contributed by atoms with van der Waals surface area (Å²) in [6.45, 7) is 0. The lowest BCUT2D eigenvalue weighted by Crippen LogP contribution is -2.11. The first-order chi connectivity index (χ1) is 10.5. The maximum Gasteiger partial charge on any atom is 0.249 e. The second-order valence-corrected chi connectivity index (χ2v) is 6.68. The molecular weight excluding hydrogens is 461 g/mol. The highest BCUT2D eigenvalue weighted by molar-refractivity contribution is 14.1. The molecular formula is C16H15BrINO3. The lowest BCUT2D eigenvalue weighted by molar-refractivity contribution is 0.0999. The molecule has 2 aromatic carbocycles. The third-order valence-electron chi connectivity index (χ3n) is 3.20. The summed E-state index contributed by atoms with van der Waals surface area (Å²) < 4.78 is 12.4. The number of hydrogen-bond acceptors (Lipinski definition) is 3. The van der Waals surface area contributed by atoms with Crippen molar-refractivity contribution in [3.63, 3.8) is 0 Å². The van der Waals surface area contributed by atoms with E-state index in [1.807, 2.05) is 18.2 Å². The second kappa shape index (κ2) is 7.32. The molecule has 0 saturated heterocycles. The standard InChI is InChI=1S/C16H15BrINO3/c1-21-14-8-10(7-13(18)15(14)22-2)5-9-3-4-11(16(19)20)12(17)6-9/h3-4,6-8H,5H2,1-2H3,(H2,19,20). The molecule has 2 N–H and O–H groups in total. The molecule has 0 heterocycles. The molecule has 0 bridgehead atoms. The van der Waals surface area contributed by atoms with E-state index in [9.17, 15) is 4.79 Å². The molecule has 0 aromatic heterocycles. The van der Waals surface area contributed by atoms with E-state index in [4.69, 9.17) is 15.2 Å². The number of nitrogens with two attached hydrogens (primary N) is 1. The molecule has 0 atom stereocenters. The van der Waals surface area contributed by atoms with Crippen molar-refractivity contribution in [1.29, 1.82) is 0 Å². The van der Waals surface area contributed by atoms with Crippen molar-refractivity contribution in [3.8, 4) is 11.5 Å². The molecule has 22 heavy (non-hydrogen) atoms. The first-order valence-corrected chi connectivity index (χ1v) is 8.32. The topological polar surface area (TPSA) is 61.5 Å². The Morgan fingerprint density at radius 3 is 2.45 bits per heavy atom. The maximum atomic E-state index is 11.3. The van der Waals surface area contributed by atoms with Gasteiger partial charge in [0.25, 0.3) is 0 Å². The summed E-state index contributed by atoms with van der Waals surface area (Å²) in [6.07, 6.45) is 0.716. The van der Waals surface area contributed by atoms with Gasteiger partial charge in [-0.3, -0.25) is 4.79 Å². The summed E-state index contributed by atoms with van der Waals surface area (Å²) in [7, 11) is 3.25. The largest absolute Gasteiger partial charge is 0.493 e. The van der Waals surface area contributed by atoms with E-state index in [2.05, 4.69) is 44.6 Å². The minimum absolute atomic E-state index is 0.445. The Hall–Kier alpha value is -1.28. The van der Waals surface area contributed by atoms with Gasteiger partial charge in [0.2, 0.25) is 5.91 Å². The Kier molecular flexibility index (Phi) is 5.69. The Morgan fingerprint density at radius 1 is 1.18 bits per heavy atom. The van der Waals surface area contributed by atoms with Crippen LogP contribution in [-0.2, 0) is 6.42 Å². The molecule has 0 spiro atoms. The van der Waals surface area contributed by atoms with Gasteiger partial charge in [-0.1, -0.05) is 6.07 Å². The SMILES string of the molecule is COc1cc(Cc2ccc(C(N)=O)c(Br)c2)cc(I)c1OC. The van der Waals surface area contributed by atoms with Gasteiger partial charge in [0.05, 0.1) is 23.4 Å². The van der Waals surface area contributed by atoms with E-state index < -0.39 is 5.91 Å². The summed E-state index contributed by atoms with van der Waals surface area (Å²) in [5.41, 5.74) is 7.95. The van der Waals surface area contributed by atoms with Gasteiger partial charge in [-0.05, 0) is 80.3 Å². The minimum atomic E-state index is -0.445. The molecule has 0 radical (unpaired) electrons. The fourth-order valence-corrected chi connectivity index (χ4v) is 3.69. The van der Waals surface area contributed by atoms with E-state index in [1.54, 1.807) is 20.3 Å². The average Bonchev–Trinajstić information content (AvgIpc) is 2.46. The van der Waals surface area contributed by atoms with Crippen molar-refractivity contribution in [2.75, 3.05) is 14.2 Å². The molecule has 6 heteroatoms. The predicted octanol–water partition coefficient (Wildman–Crippen LogP) is 3.76. The van der Waals surface area contributed by atoms with Gasteiger partial charge in [-0.25, -0.2) is 0 Å². The van der Waals surface area contributed by atoms with E-state index in [-0.39, 0.29) is 0 Å². The van der Waals surface area contributed by atoms with Gasteiger partial charge < -0.3 is 15.2 Å². The number of amides is 1. The van der Waals surface area contributed by atoms with Crippen LogP contribution in [0.1, 0.15) is 21.5 Å². The number of carbonyl (C=O) groups is 1. The predicted molar refractivity (Wildman–Crippen MR) is 97.7 cm³/mol. The van der Waals surface area contributed by atoms with Gasteiger partial charge in [0.1, 0.15) is 0 Å². The summed E-state index contributed by atoms with van der Waals surface area (Å²) in [4.78, 5) is 11.3. The van der Waals surface area contributed by atoms with E-state index >= 15 is 0 Å². The monoisotopic (exact) mass is 475 g/mol. The average molecular weight is 476 g/mol. The number of benzene rings is 2. The molecule has 0 aliphatic carbocycles. The van der Waals surface area contributed by atoms with Crippen molar-refractivity contribution in [2.45, 2.75) is 6.42 Å². The highest BCUT2D eigenvalue weighted by atomic mass is 127. The number of rotatable bonds is 5.